The Morgan fingerprint density at radius 2 is 1.67 bits per heavy atom. The first-order valence-electron chi connectivity index (χ1n) is 9.16. The zero-order chi connectivity index (χ0) is 22.1. The number of ether oxygens (including phenoxy) is 1. The van der Waals surface area contributed by atoms with Crippen molar-refractivity contribution < 1.29 is 32.8 Å². The van der Waals surface area contributed by atoms with Crippen LogP contribution in [0.25, 0.3) is 0 Å². The lowest BCUT2D eigenvalue weighted by atomic mass is 9.69. The Morgan fingerprint density at radius 3 is 2.20 bits per heavy atom. The molecule has 0 heterocycles. The van der Waals surface area contributed by atoms with E-state index in [4.69, 9.17) is 0 Å². The normalized spacial score (nSPS) is 13.2. The molecule has 2 unspecified atom stereocenters. The van der Waals surface area contributed by atoms with Crippen LogP contribution >= 0.6 is 0 Å². The molecule has 2 aromatic carbocycles. The molecule has 0 aliphatic carbocycles. The summed E-state index contributed by atoms with van der Waals surface area (Å²) in [6, 6.07) is 13.6. The maximum Gasteiger partial charge on any atom is 0.573 e. The Morgan fingerprint density at radius 1 is 1.07 bits per heavy atom. The number of rotatable bonds is 10. The Hall–Kier alpha value is -2.85. The molecule has 0 aliphatic heterocycles. The average molecular weight is 422 g/mol. The molecule has 0 aliphatic rings. The molecule has 2 rings (SSSR count). The second-order valence-corrected chi connectivity index (χ2v) is 6.70. The average Bonchev–Trinajstić information content (AvgIpc) is 2.69. The maximum atomic E-state index is 12.4. The van der Waals surface area contributed by atoms with Gasteiger partial charge in [-0.3, -0.25) is 9.79 Å². The van der Waals surface area contributed by atoms with Crippen LogP contribution in [0.4, 0.5) is 13.2 Å². The highest BCUT2D eigenvalue weighted by molar-refractivity contribution is 6.43. The van der Waals surface area contributed by atoms with Gasteiger partial charge in [0, 0.05) is 18.8 Å². The summed E-state index contributed by atoms with van der Waals surface area (Å²) in [5.74, 6) is -1.56. The highest BCUT2D eigenvalue weighted by Crippen LogP contribution is 2.24. The van der Waals surface area contributed by atoms with Gasteiger partial charge in [0.15, 0.2) is 0 Å². The van der Waals surface area contributed by atoms with Gasteiger partial charge in [-0.2, -0.15) is 0 Å². The van der Waals surface area contributed by atoms with Gasteiger partial charge in [0.1, 0.15) is 11.8 Å². The van der Waals surface area contributed by atoms with Gasteiger partial charge in [-0.15, -0.1) is 13.2 Å². The number of benzene rings is 2. The summed E-state index contributed by atoms with van der Waals surface area (Å²) < 4.78 is 40.5. The Bertz CT molecular complexity index is 817. The lowest BCUT2D eigenvalue weighted by Gasteiger charge is -2.19. The minimum absolute atomic E-state index is 0.0574. The number of hydrogen-bond acceptors (Lipinski definition) is 5. The summed E-state index contributed by atoms with van der Waals surface area (Å²) >= 11 is 0. The van der Waals surface area contributed by atoms with Crippen LogP contribution in [0.2, 0.25) is 5.82 Å². The molecule has 0 bridgehead atoms. The molecule has 2 aromatic rings. The van der Waals surface area contributed by atoms with Crippen LogP contribution in [0.15, 0.2) is 59.6 Å². The van der Waals surface area contributed by atoms with Gasteiger partial charge in [-0.25, -0.2) is 0 Å². The van der Waals surface area contributed by atoms with Crippen molar-refractivity contribution in [2.24, 2.45) is 4.99 Å². The number of aliphatic imine (C=N–C) groups is 1. The van der Waals surface area contributed by atoms with Crippen LogP contribution in [-0.4, -0.2) is 48.7 Å². The van der Waals surface area contributed by atoms with Crippen molar-refractivity contribution in [3.05, 3.63) is 65.7 Å². The fourth-order valence-electron chi connectivity index (χ4n) is 2.84. The molecule has 0 saturated heterocycles. The van der Waals surface area contributed by atoms with Gasteiger partial charge >= 0.3 is 13.5 Å². The number of halogens is 3. The van der Waals surface area contributed by atoms with E-state index < -0.39 is 31.2 Å². The van der Waals surface area contributed by atoms with Crippen LogP contribution in [0.1, 0.15) is 11.1 Å². The van der Waals surface area contributed by atoms with E-state index in [1.807, 2.05) is 30.3 Å². The highest BCUT2D eigenvalue weighted by Gasteiger charge is 2.31. The number of carbonyl (C=O) groups excluding carboxylic acids is 1. The lowest BCUT2D eigenvalue weighted by Crippen LogP contribution is -2.40. The van der Waals surface area contributed by atoms with Crippen molar-refractivity contribution in [3.8, 4) is 5.75 Å². The molecule has 0 spiro atoms. The van der Waals surface area contributed by atoms with E-state index in [-0.39, 0.29) is 18.7 Å². The predicted octanol–water partition coefficient (Wildman–Crippen LogP) is 2.40. The van der Waals surface area contributed by atoms with Crippen LogP contribution in [-0.2, 0) is 17.6 Å². The van der Waals surface area contributed by atoms with E-state index >= 15 is 0 Å². The van der Waals surface area contributed by atoms with Gasteiger partial charge in [0.25, 0.3) is 0 Å². The molecule has 10 heteroatoms. The first-order chi connectivity index (χ1) is 14.2. The number of nitrogens with zero attached hydrogens (tertiary/aromatic N) is 1. The summed E-state index contributed by atoms with van der Waals surface area (Å²) in [5, 5.41) is 21.9. The smallest absolute Gasteiger partial charge is 0.427 e. The first-order valence-corrected chi connectivity index (χ1v) is 9.16. The van der Waals surface area contributed by atoms with Crippen LogP contribution in [0, 0.1) is 0 Å². The number of amides is 1. The molecule has 2 atom stereocenters. The molecule has 0 radical (unpaired) electrons. The van der Waals surface area contributed by atoms with Crippen molar-refractivity contribution in [2.75, 3.05) is 6.54 Å². The number of alkyl halides is 3. The summed E-state index contributed by atoms with van der Waals surface area (Å²) in [6.07, 6.45) is -4.32. The Labute approximate surface area is 172 Å². The molecule has 30 heavy (non-hydrogen) atoms. The van der Waals surface area contributed by atoms with Gasteiger partial charge in [0.2, 0.25) is 5.91 Å². The molecule has 1 amide bonds. The Kier molecular flexibility index (Phi) is 8.43. The molecule has 6 nitrogen and oxygen atoms in total. The van der Waals surface area contributed by atoms with Crippen molar-refractivity contribution in [3.63, 3.8) is 0 Å². The van der Waals surface area contributed by atoms with Crippen molar-refractivity contribution >= 4 is 19.7 Å². The van der Waals surface area contributed by atoms with Crippen molar-refractivity contribution in [1.82, 2.24) is 5.32 Å². The molecular formula is C20H22BF3N2O4. The van der Waals surface area contributed by atoms with E-state index in [0.717, 1.165) is 17.7 Å². The van der Waals surface area contributed by atoms with E-state index in [0.29, 0.717) is 12.0 Å². The fourth-order valence-corrected chi connectivity index (χ4v) is 2.84. The number of hydrogen-bond donors (Lipinski definition) is 3. The number of nitrogens with one attached hydrogen (secondary N) is 1. The first kappa shape index (κ1) is 23.4. The van der Waals surface area contributed by atoms with E-state index in [9.17, 15) is 28.0 Å². The topological polar surface area (TPSA) is 91.2 Å². The van der Waals surface area contributed by atoms with Crippen LogP contribution < -0.4 is 10.1 Å². The summed E-state index contributed by atoms with van der Waals surface area (Å²) in [5.41, 5.74) is 1.46. The maximum absolute atomic E-state index is 12.4. The van der Waals surface area contributed by atoms with Crippen molar-refractivity contribution in [1.29, 1.82) is 0 Å². The summed E-state index contributed by atoms with van der Waals surface area (Å²) in [7, 11) is -1.74. The third kappa shape index (κ3) is 7.88. The van der Waals surface area contributed by atoms with Crippen LogP contribution in [0.3, 0.4) is 0 Å². The minimum atomic E-state index is -4.79. The highest BCUT2D eigenvalue weighted by atomic mass is 19.4. The largest absolute Gasteiger partial charge is 0.573 e. The molecule has 0 aromatic heterocycles. The van der Waals surface area contributed by atoms with Crippen molar-refractivity contribution in [2.45, 2.75) is 31.1 Å². The van der Waals surface area contributed by atoms with Gasteiger partial charge in [0.05, 0.1) is 0 Å². The zero-order valence-electron chi connectivity index (χ0n) is 16.0. The standard InChI is InChI=1S/C20H22BF3N2O4/c1-25-18(12-14-5-3-2-4-6-14)19(27)26-13-16(21(28)29)11-15-7-9-17(10-8-15)30-20(22,23)24/h2-10,16,18,28-29H,1,11-13H2,(H,26,27). The molecule has 0 saturated carbocycles. The van der Waals surface area contributed by atoms with E-state index in [1.165, 1.54) is 12.1 Å². The summed E-state index contributed by atoms with van der Waals surface area (Å²) in [6.45, 7) is 3.38. The second kappa shape index (κ2) is 10.8. The van der Waals surface area contributed by atoms with Gasteiger partial charge in [-0.05, 0) is 36.4 Å². The quantitative estimate of drug-likeness (QED) is 0.405. The third-order valence-corrected chi connectivity index (χ3v) is 4.41. The summed E-state index contributed by atoms with van der Waals surface area (Å²) in [4.78, 5) is 16.2. The van der Waals surface area contributed by atoms with Gasteiger partial charge in [-0.1, -0.05) is 42.5 Å². The molecule has 0 fully saturated rings. The van der Waals surface area contributed by atoms with E-state index in [2.05, 4.69) is 21.8 Å². The Balaban J connectivity index is 1.93. The second-order valence-electron chi connectivity index (χ2n) is 6.70. The SMILES string of the molecule is C=NC(Cc1ccccc1)C(=O)NCC(Cc1ccc(OC(F)(F)F)cc1)B(O)O. The van der Waals surface area contributed by atoms with E-state index in [1.54, 1.807) is 0 Å². The fraction of sp³-hybridized carbons (Fsp3) is 0.300. The molecular weight excluding hydrogens is 400 g/mol. The molecule has 160 valence electrons. The van der Waals surface area contributed by atoms with Crippen LogP contribution in [0.5, 0.6) is 5.75 Å². The monoisotopic (exact) mass is 422 g/mol. The molecule has 3 N–H and O–H groups in total. The predicted molar refractivity (Wildman–Crippen MR) is 107 cm³/mol. The number of carbonyl (C=O) groups is 1. The minimum Gasteiger partial charge on any atom is -0.427 e. The lowest BCUT2D eigenvalue weighted by molar-refractivity contribution is -0.274. The van der Waals surface area contributed by atoms with Gasteiger partial charge < -0.3 is 20.1 Å². The third-order valence-electron chi connectivity index (χ3n) is 4.41. The zero-order valence-corrected chi connectivity index (χ0v) is 16.0.